The van der Waals surface area contributed by atoms with E-state index in [2.05, 4.69) is 0 Å². The fourth-order valence-corrected chi connectivity index (χ4v) is 2.15. The van der Waals surface area contributed by atoms with Crippen molar-refractivity contribution in [1.82, 2.24) is 0 Å². The van der Waals surface area contributed by atoms with Gasteiger partial charge in [0.15, 0.2) is 0 Å². The first-order valence-corrected chi connectivity index (χ1v) is 4.81. The Hall–Kier alpha value is -1.42. The predicted octanol–water partition coefficient (Wildman–Crippen LogP) is 0.835. The minimum absolute atomic E-state index is 0.149. The molecule has 1 aromatic carbocycles. The second-order valence-corrected chi connectivity index (χ2v) is 3.98. The Morgan fingerprint density at radius 1 is 1.60 bits per heavy atom. The van der Waals surface area contributed by atoms with E-state index in [1.165, 1.54) is 12.1 Å². The standard InChI is InChI=1S/C11H12FNO2/c12-8-2-1-7-3-4-11(15,6-10(13)14)9(7)5-8/h1-2,5,15H,3-4,6H2,(H2,13,14). The minimum Gasteiger partial charge on any atom is -0.385 e. The van der Waals surface area contributed by atoms with Gasteiger partial charge in [-0.25, -0.2) is 4.39 Å². The highest BCUT2D eigenvalue weighted by atomic mass is 19.1. The first-order chi connectivity index (χ1) is 7.01. The lowest BCUT2D eigenvalue weighted by atomic mass is 9.92. The molecular formula is C11H12FNO2. The summed E-state index contributed by atoms with van der Waals surface area (Å²) in [4.78, 5) is 10.8. The number of rotatable bonds is 2. The zero-order chi connectivity index (χ0) is 11.1. The molecule has 0 bridgehead atoms. The van der Waals surface area contributed by atoms with Crippen molar-refractivity contribution in [1.29, 1.82) is 0 Å². The van der Waals surface area contributed by atoms with Gasteiger partial charge in [-0.3, -0.25) is 4.79 Å². The van der Waals surface area contributed by atoms with Gasteiger partial charge in [0.25, 0.3) is 0 Å². The second-order valence-electron chi connectivity index (χ2n) is 3.98. The highest BCUT2D eigenvalue weighted by molar-refractivity contribution is 5.75. The molecule has 1 amide bonds. The lowest BCUT2D eigenvalue weighted by Gasteiger charge is -2.22. The number of hydrogen-bond donors (Lipinski definition) is 2. The van der Waals surface area contributed by atoms with E-state index in [-0.39, 0.29) is 6.42 Å². The van der Waals surface area contributed by atoms with Crippen molar-refractivity contribution in [2.45, 2.75) is 24.9 Å². The molecule has 2 rings (SSSR count). The molecule has 1 aliphatic carbocycles. The zero-order valence-corrected chi connectivity index (χ0v) is 8.16. The van der Waals surface area contributed by atoms with E-state index in [1.807, 2.05) is 0 Å². The lowest BCUT2D eigenvalue weighted by molar-refractivity contribution is -0.123. The van der Waals surface area contributed by atoms with Gasteiger partial charge in [-0.15, -0.1) is 0 Å². The topological polar surface area (TPSA) is 63.3 Å². The first-order valence-electron chi connectivity index (χ1n) is 4.81. The van der Waals surface area contributed by atoms with Crippen LogP contribution in [0.1, 0.15) is 24.0 Å². The summed E-state index contributed by atoms with van der Waals surface area (Å²) in [5.41, 5.74) is 5.18. The summed E-state index contributed by atoms with van der Waals surface area (Å²) in [5.74, 6) is -0.979. The van der Waals surface area contributed by atoms with Gasteiger partial charge in [0.2, 0.25) is 5.91 Å². The van der Waals surface area contributed by atoms with E-state index >= 15 is 0 Å². The quantitative estimate of drug-likeness (QED) is 0.758. The number of carbonyl (C=O) groups excluding carboxylic acids is 1. The maximum absolute atomic E-state index is 13.0. The summed E-state index contributed by atoms with van der Waals surface area (Å²) in [5, 5.41) is 10.2. The lowest BCUT2D eigenvalue weighted by Crippen LogP contribution is -2.29. The first kappa shape index (κ1) is 10.1. The van der Waals surface area contributed by atoms with Gasteiger partial charge >= 0.3 is 0 Å². The smallest absolute Gasteiger partial charge is 0.220 e. The van der Waals surface area contributed by atoms with Crippen molar-refractivity contribution in [3.63, 3.8) is 0 Å². The average molecular weight is 209 g/mol. The van der Waals surface area contributed by atoms with Crippen LogP contribution in [0.25, 0.3) is 0 Å². The van der Waals surface area contributed by atoms with Crippen molar-refractivity contribution in [3.05, 3.63) is 35.1 Å². The molecule has 3 nitrogen and oxygen atoms in total. The molecule has 1 atom stereocenters. The predicted molar refractivity (Wildman–Crippen MR) is 52.4 cm³/mol. The third-order valence-electron chi connectivity index (χ3n) is 2.85. The van der Waals surface area contributed by atoms with Gasteiger partial charge in [0, 0.05) is 0 Å². The van der Waals surface area contributed by atoms with Gasteiger partial charge < -0.3 is 10.8 Å². The number of benzene rings is 1. The number of amides is 1. The number of primary amides is 1. The molecule has 0 saturated carbocycles. The average Bonchev–Trinajstić information content (AvgIpc) is 2.43. The summed E-state index contributed by atoms with van der Waals surface area (Å²) in [6.07, 6.45) is 0.928. The summed E-state index contributed by atoms with van der Waals surface area (Å²) in [7, 11) is 0. The molecule has 0 aliphatic heterocycles. The molecule has 1 aliphatic rings. The van der Waals surface area contributed by atoms with Crippen LogP contribution in [0.15, 0.2) is 18.2 Å². The minimum atomic E-state index is -1.27. The largest absolute Gasteiger partial charge is 0.385 e. The summed E-state index contributed by atoms with van der Waals surface area (Å²) in [6, 6.07) is 4.28. The third kappa shape index (κ3) is 1.72. The van der Waals surface area contributed by atoms with Crippen molar-refractivity contribution < 1.29 is 14.3 Å². The van der Waals surface area contributed by atoms with Gasteiger partial charge in [0.1, 0.15) is 5.82 Å². The Morgan fingerprint density at radius 2 is 2.33 bits per heavy atom. The molecule has 0 fully saturated rings. The molecule has 0 heterocycles. The number of hydrogen-bond acceptors (Lipinski definition) is 2. The highest BCUT2D eigenvalue weighted by Crippen LogP contribution is 2.39. The Kier molecular flexibility index (Phi) is 2.23. The SMILES string of the molecule is NC(=O)CC1(O)CCc2ccc(F)cc21. The molecule has 0 aromatic heterocycles. The van der Waals surface area contributed by atoms with E-state index in [4.69, 9.17) is 5.73 Å². The Morgan fingerprint density at radius 3 is 3.00 bits per heavy atom. The van der Waals surface area contributed by atoms with Crippen LogP contribution >= 0.6 is 0 Å². The second kappa shape index (κ2) is 3.31. The molecule has 1 unspecified atom stereocenters. The summed E-state index contributed by atoms with van der Waals surface area (Å²) >= 11 is 0. The molecule has 80 valence electrons. The number of carbonyl (C=O) groups is 1. The van der Waals surface area contributed by atoms with E-state index in [0.29, 0.717) is 18.4 Å². The Labute approximate surface area is 86.7 Å². The molecule has 0 spiro atoms. The van der Waals surface area contributed by atoms with Crippen molar-refractivity contribution in [2.24, 2.45) is 5.73 Å². The van der Waals surface area contributed by atoms with Crippen LogP contribution in [0.2, 0.25) is 0 Å². The van der Waals surface area contributed by atoms with Gasteiger partial charge in [0.05, 0.1) is 12.0 Å². The van der Waals surface area contributed by atoms with Crippen LogP contribution in [-0.4, -0.2) is 11.0 Å². The van der Waals surface area contributed by atoms with Crippen LogP contribution in [0.3, 0.4) is 0 Å². The molecular weight excluding hydrogens is 197 g/mol. The fourth-order valence-electron chi connectivity index (χ4n) is 2.15. The highest BCUT2D eigenvalue weighted by Gasteiger charge is 2.38. The molecule has 15 heavy (non-hydrogen) atoms. The van der Waals surface area contributed by atoms with Gasteiger partial charge in [-0.05, 0) is 36.1 Å². The molecule has 0 radical (unpaired) electrons. The molecule has 1 aromatic rings. The van der Waals surface area contributed by atoms with Crippen LogP contribution in [0, 0.1) is 5.82 Å². The van der Waals surface area contributed by atoms with E-state index < -0.39 is 17.3 Å². The van der Waals surface area contributed by atoms with Crippen molar-refractivity contribution in [2.75, 3.05) is 0 Å². The maximum Gasteiger partial charge on any atom is 0.220 e. The van der Waals surface area contributed by atoms with Crippen LogP contribution in [-0.2, 0) is 16.8 Å². The van der Waals surface area contributed by atoms with E-state index in [1.54, 1.807) is 6.07 Å². The number of halogens is 1. The van der Waals surface area contributed by atoms with Crippen LogP contribution in [0.4, 0.5) is 4.39 Å². The Bertz CT molecular complexity index is 419. The number of aryl methyl sites for hydroxylation is 1. The van der Waals surface area contributed by atoms with Gasteiger partial charge in [-0.1, -0.05) is 6.07 Å². The molecule has 0 saturated heterocycles. The van der Waals surface area contributed by atoms with Crippen molar-refractivity contribution >= 4 is 5.91 Å². The van der Waals surface area contributed by atoms with Crippen LogP contribution in [0.5, 0.6) is 0 Å². The normalized spacial score (nSPS) is 23.9. The fraction of sp³-hybridized carbons (Fsp3) is 0.364. The van der Waals surface area contributed by atoms with E-state index in [9.17, 15) is 14.3 Å². The number of aliphatic hydroxyl groups is 1. The van der Waals surface area contributed by atoms with Gasteiger partial charge in [-0.2, -0.15) is 0 Å². The van der Waals surface area contributed by atoms with Crippen molar-refractivity contribution in [3.8, 4) is 0 Å². The Balaban J connectivity index is 2.41. The molecule has 3 N–H and O–H groups in total. The number of fused-ring (bicyclic) bond motifs is 1. The zero-order valence-electron chi connectivity index (χ0n) is 8.16. The summed E-state index contributed by atoms with van der Waals surface area (Å²) < 4.78 is 13.0. The number of nitrogens with two attached hydrogens (primary N) is 1. The van der Waals surface area contributed by atoms with E-state index in [0.717, 1.165) is 5.56 Å². The maximum atomic E-state index is 13.0. The third-order valence-corrected chi connectivity index (χ3v) is 2.85. The molecule has 4 heteroatoms. The van der Waals surface area contributed by atoms with Crippen LogP contribution < -0.4 is 5.73 Å². The summed E-state index contributed by atoms with van der Waals surface area (Å²) in [6.45, 7) is 0. The monoisotopic (exact) mass is 209 g/mol.